The van der Waals surface area contributed by atoms with Crippen LogP contribution in [0.1, 0.15) is 39.7 Å². The fraction of sp³-hybridized carbons (Fsp3) is 0.550. The van der Waals surface area contributed by atoms with E-state index < -0.39 is 14.3 Å². The molecule has 0 aliphatic heterocycles. The summed E-state index contributed by atoms with van der Waals surface area (Å²) in [6.07, 6.45) is 2.54. The minimum atomic E-state index is -2.02. The first-order chi connectivity index (χ1) is 12.0. The number of methoxy groups -OCH3 is 1. The normalized spacial score (nSPS) is 12.7. The van der Waals surface area contributed by atoms with E-state index >= 15 is 0 Å². The van der Waals surface area contributed by atoms with Crippen molar-refractivity contribution in [2.45, 2.75) is 58.7 Å². The third kappa shape index (κ3) is 6.09. The molecule has 0 aliphatic carbocycles. The van der Waals surface area contributed by atoms with Gasteiger partial charge in [-0.15, -0.1) is 0 Å². The molecule has 0 aromatic heterocycles. The largest absolute Gasteiger partial charge is 0.541 e. The molecule has 0 saturated carbocycles. The SMILES string of the molecule is CCOC(=O)/C=C(\N)CCc1cccc(OC)c1O[Si](C)(C)C(C)(C)C. The molecular weight excluding hydrogens is 346 g/mol. The first-order valence-corrected chi connectivity index (χ1v) is 11.9. The van der Waals surface area contributed by atoms with E-state index in [1.807, 2.05) is 18.2 Å². The number of hydrogen-bond donors (Lipinski definition) is 1. The van der Waals surface area contributed by atoms with Crippen LogP contribution in [0.2, 0.25) is 18.1 Å². The molecule has 2 N–H and O–H groups in total. The zero-order valence-electron chi connectivity index (χ0n) is 17.1. The Bertz CT molecular complexity index is 648. The highest BCUT2D eigenvalue weighted by Gasteiger charge is 2.40. The van der Waals surface area contributed by atoms with Gasteiger partial charge in [-0.3, -0.25) is 0 Å². The summed E-state index contributed by atoms with van der Waals surface area (Å²) in [5, 5.41) is 0.0773. The van der Waals surface area contributed by atoms with Crippen molar-refractivity contribution in [3.8, 4) is 11.5 Å². The molecule has 0 fully saturated rings. The predicted octanol–water partition coefficient (Wildman–Crippen LogP) is 4.42. The first-order valence-electron chi connectivity index (χ1n) is 8.99. The third-order valence-electron chi connectivity index (χ3n) is 4.72. The Hall–Kier alpha value is -1.95. The Balaban J connectivity index is 3.04. The second-order valence-corrected chi connectivity index (χ2v) is 12.5. The van der Waals surface area contributed by atoms with Crippen molar-refractivity contribution in [1.29, 1.82) is 0 Å². The summed E-state index contributed by atoms with van der Waals surface area (Å²) in [5.74, 6) is 1.10. The van der Waals surface area contributed by atoms with Crippen LogP contribution < -0.4 is 14.9 Å². The maximum atomic E-state index is 11.5. The van der Waals surface area contributed by atoms with Crippen molar-refractivity contribution < 1.29 is 18.7 Å². The molecule has 0 heterocycles. The molecule has 0 spiro atoms. The lowest BCUT2D eigenvalue weighted by atomic mass is 10.1. The van der Waals surface area contributed by atoms with E-state index in [4.69, 9.17) is 19.6 Å². The van der Waals surface area contributed by atoms with Gasteiger partial charge in [0.15, 0.2) is 5.75 Å². The van der Waals surface area contributed by atoms with Crippen molar-refractivity contribution in [3.63, 3.8) is 0 Å². The molecule has 0 saturated heterocycles. The van der Waals surface area contributed by atoms with Crippen LogP contribution in [0.25, 0.3) is 0 Å². The van der Waals surface area contributed by atoms with Crippen LogP contribution in [-0.2, 0) is 16.0 Å². The smallest absolute Gasteiger partial charge is 0.332 e. The van der Waals surface area contributed by atoms with Crippen molar-refractivity contribution in [2.75, 3.05) is 13.7 Å². The molecule has 0 amide bonds. The van der Waals surface area contributed by atoms with Crippen molar-refractivity contribution in [1.82, 2.24) is 0 Å². The second-order valence-electron chi connectivity index (χ2n) is 7.78. The lowest BCUT2D eigenvalue weighted by Crippen LogP contribution is -2.44. The highest BCUT2D eigenvalue weighted by Crippen LogP contribution is 2.41. The monoisotopic (exact) mass is 379 g/mol. The van der Waals surface area contributed by atoms with Crippen LogP contribution in [-0.4, -0.2) is 28.0 Å². The Morgan fingerprint density at radius 1 is 1.27 bits per heavy atom. The number of allylic oxidation sites excluding steroid dienone is 1. The zero-order chi connectivity index (χ0) is 20.0. The summed E-state index contributed by atoms with van der Waals surface area (Å²) < 4.78 is 17.0. The van der Waals surface area contributed by atoms with Crippen LogP contribution >= 0.6 is 0 Å². The molecule has 146 valence electrons. The average molecular weight is 380 g/mol. The Morgan fingerprint density at radius 3 is 2.46 bits per heavy atom. The summed E-state index contributed by atoms with van der Waals surface area (Å²) in [4.78, 5) is 11.5. The molecule has 0 radical (unpaired) electrons. The summed E-state index contributed by atoms with van der Waals surface area (Å²) in [5.41, 5.74) is 7.48. The molecule has 0 aliphatic rings. The lowest BCUT2D eigenvalue weighted by molar-refractivity contribution is -0.137. The van der Waals surface area contributed by atoms with Crippen molar-refractivity contribution in [2.24, 2.45) is 5.73 Å². The summed E-state index contributed by atoms with van der Waals surface area (Å²) >= 11 is 0. The zero-order valence-corrected chi connectivity index (χ0v) is 18.1. The number of rotatable bonds is 8. The third-order valence-corrected chi connectivity index (χ3v) is 9.04. The van der Waals surface area contributed by atoms with E-state index in [0.29, 0.717) is 25.1 Å². The molecule has 1 aromatic carbocycles. The van der Waals surface area contributed by atoms with Gasteiger partial charge in [0.05, 0.1) is 13.7 Å². The molecule has 5 nitrogen and oxygen atoms in total. The average Bonchev–Trinajstić information content (AvgIpc) is 2.52. The number of hydrogen-bond acceptors (Lipinski definition) is 5. The summed E-state index contributed by atoms with van der Waals surface area (Å²) in [6.45, 7) is 13.1. The first kappa shape index (κ1) is 22.1. The maximum absolute atomic E-state index is 11.5. The van der Waals surface area contributed by atoms with E-state index in [-0.39, 0.29) is 5.04 Å². The number of carbonyl (C=O) groups excluding carboxylic acids is 1. The fourth-order valence-electron chi connectivity index (χ4n) is 2.13. The van der Waals surface area contributed by atoms with Gasteiger partial charge in [0.2, 0.25) is 0 Å². The highest BCUT2D eigenvalue weighted by molar-refractivity contribution is 6.74. The number of esters is 1. The van der Waals surface area contributed by atoms with Gasteiger partial charge in [-0.2, -0.15) is 0 Å². The Kier molecular flexibility index (Phi) is 7.75. The number of benzene rings is 1. The van der Waals surface area contributed by atoms with Crippen LogP contribution in [0.3, 0.4) is 0 Å². The number of nitrogens with two attached hydrogens (primary N) is 1. The van der Waals surface area contributed by atoms with Gasteiger partial charge in [0.25, 0.3) is 8.32 Å². The van der Waals surface area contributed by atoms with E-state index in [0.717, 1.165) is 17.1 Å². The van der Waals surface area contributed by atoms with Gasteiger partial charge in [-0.05, 0) is 49.5 Å². The molecule has 0 unspecified atom stereocenters. The number of ether oxygens (including phenoxy) is 2. The topological polar surface area (TPSA) is 70.8 Å². The molecule has 1 rings (SSSR count). The standard InChI is InChI=1S/C20H33NO4Si/c1-8-24-18(22)14-16(21)13-12-15-10-9-11-17(23-5)19(15)25-26(6,7)20(2,3)4/h9-11,14H,8,12-13,21H2,1-7H3/b16-14-. The molecular formula is C20H33NO4Si. The van der Waals surface area contributed by atoms with E-state index in [2.05, 4.69) is 33.9 Å². The van der Waals surface area contributed by atoms with E-state index in [1.165, 1.54) is 6.08 Å². The Morgan fingerprint density at radius 2 is 1.92 bits per heavy atom. The van der Waals surface area contributed by atoms with Crippen LogP contribution in [0.5, 0.6) is 11.5 Å². The minimum absolute atomic E-state index is 0.0773. The molecule has 1 aromatic rings. The van der Waals surface area contributed by atoms with Gasteiger partial charge >= 0.3 is 5.97 Å². The number of aryl methyl sites for hydroxylation is 1. The van der Waals surface area contributed by atoms with E-state index in [1.54, 1.807) is 14.0 Å². The number of para-hydroxylation sites is 1. The predicted molar refractivity (Wildman–Crippen MR) is 108 cm³/mol. The molecule has 0 atom stereocenters. The van der Waals surface area contributed by atoms with E-state index in [9.17, 15) is 4.79 Å². The summed E-state index contributed by atoms with van der Waals surface area (Å²) in [6, 6.07) is 5.87. The quantitative estimate of drug-likeness (QED) is 0.411. The number of carbonyl (C=O) groups is 1. The van der Waals surface area contributed by atoms with Crippen LogP contribution in [0.15, 0.2) is 30.0 Å². The van der Waals surface area contributed by atoms with Gasteiger partial charge in [0, 0.05) is 11.8 Å². The van der Waals surface area contributed by atoms with Gasteiger partial charge < -0.3 is 19.6 Å². The summed E-state index contributed by atoms with van der Waals surface area (Å²) in [7, 11) is -0.372. The Labute approximate surface area is 158 Å². The molecule has 0 bridgehead atoms. The highest BCUT2D eigenvalue weighted by atomic mass is 28.4. The fourth-order valence-corrected chi connectivity index (χ4v) is 3.18. The van der Waals surface area contributed by atoms with Gasteiger partial charge in [-0.1, -0.05) is 32.9 Å². The maximum Gasteiger partial charge on any atom is 0.332 e. The lowest BCUT2D eigenvalue weighted by Gasteiger charge is -2.37. The van der Waals surface area contributed by atoms with Gasteiger partial charge in [0.1, 0.15) is 5.75 Å². The van der Waals surface area contributed by atoms with Crippen molar-refractivity contribution in [3.05, 3.63) is 35.5 Å². The molecule has 26 heavy (non-hydrogen) atoms. The second kappa shape index (κ2) is 9.12. The molecule has 6 heteroatoms. The van der Waals surface area contributed by atoms with Crippen LogP contribution in [0.4, 0.5) is 0 Å². The van der Waals surface area contributed by atoms with Gasteiger partial charge in [-0.25, -0.2) is 4.79 Å². The van der Waals surface area contributed by atoms with Crippen LogP contribution in [0, 0.1) is 0 Å². The minimum Gasteiger partial charge on any atom is -0.541 e. The van der Waals surface area contributed by atoms with Crippen molar-refractivity contribution >= 4 is 14.3 Å².